The summed E-state index contributed by atoms with van der Waals surface area (Å²) < 4.78 is 3.39. The quantitative estimate of drug-likeness (QED) is 0.791. The van der Waals surface area contributed by atoms with Gasteiger partial charge in [0.2, 0.25) is 0 Å². The molecule has 1 aromatic carbocycles. The first kappa shape index (κ1) is 14.0. The summed E-state index contributed by atoms with van der Waals surface area (Å²) in [6, 6.07) is 9.86. The molecule has 1 heterocycles. The van der Waals surface area contributed by atoms with E-state index in [2.05, 4.69) is 5.10 Å². The van der Waals surface area contributed by atoms with Crippen LogP contribution in [0.1, 0.15) is 25.7 Å². The number of para-hydroxylation sites is 1. The van der Waals surface area contributed by atoms with Gasteiger partial charge in [-0.1, -0.05) is 47.7 Å². The number of benzene rings is 1. The summed E-state index contributed by atoms with van der Waals surface area (Å²) in [5.74, 6) is 0.355. The molecule has 0 spiro atoms. The fourth-order valence-corrected chi connectivity index (χ4v) is 4.97. The topological polar surface area (TPSA) is 34.9 Å². The molecule has 20 heavy (non-hydrogen) atoms. The van der Waals surface area contributed by atoms with Crippen molar-refractivity contribution in [3.63, 3.8) is 0 Å². The Morgan fingerprint density at radius 3 is 2.85 bits per heavy atom. The number of thioether (sulfide) groups is 1. The number of hydrogen-bond acceptors (Lipinski definition) is 5. The Labute approximate surface area is 131 Å². The maximum atomic E-state index is 11.9. The number of aromatic nitrogens is 2. The Bertz CT molecular complexity index is 663. The molecule has 3 nitrogen and oxygen atoms in total. The van der Waals surface area contributed by atoms with Crippen molar-refractivity contribution in [3.05, 3.63) is 34.3 Å². The molecule has 6 heteroatoms. The Morgan fingerprint density at radius 1 is 1.30 bits per heavy atom. The number of nitrogens with zero attached hydrogens (tertiary/aromatic N) is 2. The van der Waals surface area contributed by atoms with Crippen LogP contribution in [0.4, 0.5) is 0 Å². The minimum Gasteiger partial charge on any atom is -0.298 e. The van der Waals surface area contributed by atoms with Crippen molar-refractivity contribution in [2.45, 2.75) is 35.3 Å². The minimum absolute atomic E-state index is 0.0634. The highest BCUT2D eigenvalue weighted by Gasteiger charge is 2.24. The van der Waals surface area contributed by atoms with Crippen LogP contribution in [0.2, 0.25) is 0 Å². The van der Waals surface area contributed by atoms with Crippen LogP contribution in [0.5, 0.6) is 0 Å². The Kier molecular flexibility index (Phi) is 4.33. The lowest BCUT2D eigenvalue weighted by Crippen LogP contribution is -2.21. The zero-order valence-electron chi connectivity index (χ0n) is 10.8. The van der Waals surface area contributed by atoms with Crippen molar-refractivity contribution in [2.24, 2.45) is 0 Å². The number of ketones is 1. The zero-order valence-corrected chi connectivity index (χ0v) is 13.3. The van der Waals surface area contributed by atoms with Crippen LogP contribution < -0.4 is 0 Å². The van der Waals surface area contributed by atoms with Gasteiger partial charge in [0, 0.05) is 6.42 Å². The van der Waals surface area contributed by atoms with E-state index in [1.807, 2.05) is 30.3 Å². The SMILES string of the molecule is O=C1CCCCC1Sc1nn(-c2ccccc2)c(=S)s1. The van der Waals surface area contributed by atoms with Crippen molar-refractivity contribution in [3.8, 4) is 5.69 Å². The number of Topliss-reactive ketones (excluding diaryl/α,β-unsaturated/α-hetero) is 1. The molecule has 1 atom stereocenters. The molecule has 1 saturated carbocycles. The van der Waals surface area contributed by atoms with Crippen LogP contribution in [0.3, 0.4) is 0 Å². The molecule has 1 aromatic heterocycles. The van der Waals surface area contributed by atoms with Gasteiger partial charge in [-0.15, -0.1) is 5.10 Å². The smallest absolute Gasteiger partial charge is 0.184 e. The van der Waals surface area contributed by atoms with Gasteiger partial charge >= 0.3 is 0 Å². The number of carbonyl (C=O) groups excluding carboxylic acids is 1. The van der Waals surface area contributed by atoms with Crippen molar-refractivity contribution < 1.29 is 4.79 Å². The normalized spacial score (nSPS) is 19.2. The van der Waals surface area contributed by atoms with E-state index < -0.39 is 0 Å². The Hall–Kier alpha value is -0.980. The molecule has 104 valence electrons. The van der Waals surface area contributed by atoms with E-state index in [0.29, 0.717) is 12.2 Å². The van der Waals surface area contributed by atoms with Gasteiger partial charge in [-0.2, -0.15) is 0 Å². The molecule has 0 bridgehead atoms. The molecule has 0 amide bonds. The second-order valence-corrected chi connectivity index (χ2v) is 7.77. The van der Waals surface area contributed by atoms with E-state index in [0.717, 1.165) is 33.2 Å². The molecule has 0 saturated heterocycles. The molecular formula is C14H14N2OS3. The molecule has 1 aliphatic carbocycles. The van der Waals surface area contributed by atoms with Gasteiger partial charge in [0.1, 0.15) is 5.78 Å². The maximum Gasteiger partial charge on any atom is 0.184 e. The summed E-state index contributed by atoms with van der Waals surface area (Å²) in [6.07, 6.45) is 3.84. The summed E-state index contributed by atoms with van der Waals surface area (Å²) in [4.78, 5) is 11.9. The fraction of sp³-hybridized carbons (Fsp3) is 0.357. The lowest BCUT2D eigenvalue weighted by molar-refractivity contribution is -0.119. The van der Waals surface area contributed by atoms with E-state index >= 15 is 0 Å². The molecule has 0 N–H and O–H groups in total. The van der Waals surface area contributed by atoms with Gasteiger partial charge in [-0.3, -0.25) is 4.79 Å². The van der Waals surface area contributed by atoms with Crippen LogP contribution in [0.25, 0.3) is 5.69 Å². The number of hydrogen-bond donors (Lipinski definition) is 0. The molecule has 1 unspecified atom stereocenters. The monoisotopic (exact) mass is 322 g/mol. The van der Waals surface area contributed by atoms with Crippen molar-refractivity contribution in [1.82, 2.24) is 9.78 Å². The maximum absolute atomic E-state index is 11.9. The number of rotatable bonds is 3. The molecule has 1 fully saturated rings. The van der Waals surface area contributed by atoms with Crippen LogP contribution in [0.15, 0.2) is 34.7 Å². The van der Waals surface area contributed by atoms with Crippen molar-refractivity contribution in [2.75, 3.05) is 0 Å². The van der Waals surface area contributed by atoms with E-state index in [9.17, 15) is 4.79 Å². The molecular weight excluding hydrogens is 308 g/mol. The average Bonchev–Trinajstić information content (AvgIpc) is 2.83. The predicted molar refractivity (Wildman–Crippen MR) is 85.4 cm³/mol. The molecule has 2 aromatic rings. The zero-order chi connectivity index (χ0) is 13.9. The predicted octanol–water partition coefficient (Wildman–Crippen LogP) is 4.27. The third-order valence-corrected chi connectivity index (χ3v) is 5.90. The van der Waals surface area contributed by atoms with Crippen LogP contribution in [-0.2, 0) is 4.79 Å². The molecule has 3 rings (SSSR count). The van der Waals surface area contributed by atoms with Crippen molar-refractivity contribution in [1.29, 1.82) is 0 Å². The molecule has 0 radical (unpaired) electrons. The van der Waals surface area contributed by atoms with E-state index in [1.54, 1.807) is 16.4 Å². The Morgan fingerprint density at radius 2 is 2.10 bits per heavy atom. The highest BCUT2D eigenvalue weighted by molar-refractivity contribution is 8.02. The first-order valence-electron chi connectivity index (χ1n) is 6.59. The average molecular weight is 322 g/mol. The van der Waals surface area contributed by atoms with Gasteiger partial charge in [-0.05, 0) is 37.2 Å². The lowest BCUT2D eigenvalue weighted by Gasteiger charge is -2.18. The lowest BCUT2D eigenvalue weighted by atomic mass is 9.99. The van der Waals surface area contributed by atoms with Gasteiger partial charge in [0.15, 0.2) is 8.29 Å². The third-order valence-electron chi connectivity index (χ3n) is 3.27. The summed E-state index contributed by atoms with van der Waals surface area (Å²) >= 11 is 8.43. The second kappa shape index (κ2) is 6.20. The standard InChI is InChI=1S/C14H14N2OS3/c17-11-8-4-5-9-12(11)19-13-15-16(14(18)20-13)10-6-2-1-3-7-10/h1-3,6-7,12H,4-5,8-9H2. The van der Waals surface area contributed by atoms with Crippen LogP contribution in [0, 0.1) is 3.95 Å². The highest BCUT2D eigenvalue weighted by atomic mass is 32.2. The summed E-state index contributed by atoms with van der Waals surface area (Å²) in [7, 11) is 0. The van der Waals surface area contributed by atoms with Gasteiger partial charge < -0.3 is 0 Å². The minimum atomic E-state index is 0.0634. The van der Waals surface area contributed by atoms with E-state index in [1.165, 1.54) is 11.3 Å². The number of carbonyl (C=O) groups is 1. The summed E-state index contributed by atoms with van der Waals surface area (Å²) in [6.45, 7) is 0. The molecule has 1 aliphatic rings. The van der Waals surface area contributed by atoms with Crippen LogP contribution in [-0.4, -0.2) is 20.8 Å². The third kappa shape index (κ3) is 3.02. The molecule has 0 aliphatic heterocycles. The Balaban J connectivity index is 1.82. The van der Waals surface area contributed by atoms with Gasteiger partial charge in [0.25, 0.3) is 0 Å². The summed E-state index contributed by atoms with van der Waals surface area (Å²) in [5.41, 5.74) is 0.968. The first-order chi connectivity index (χ1) is 9.74. The fourth-order valence-electron chi connectivity index (χ4n) is 2.24. The van der Waals surface area contributed by atoms with Gasteiger partial charge in [0.05, 0.1) is 10.9 Å². The van der Waals surface area contributed by atoms with Crippen LogP contribution >= 0.6 is 35.3 Å². The van der Waals surface area contributed by atoms with Crippen molar-refractivity contribution >= 4 is 41.1 Å². The second-order valence-electron chi connectivity index (χ2n) is 4.70. The highest BCUT2D eigenvalue weighted by Crippen LogP contribution is 2.33. The van der Waals surface area contributed by atoms with E-state index in [-0.39, 0.29) is 5.25 Å². The summed E-state index contributed by atoms with van der Waals surface area (Å²) in [5, 5.41) is 4.61. The largest absolute Gasteiger partial charge is 0.298 e. The van der Waals surface area contributed by atoms with E-state index in [4.69, 9.17) is 12.2 Å². The first-order valence-corrected chi connectivity index (χ1v) is 8.69. The van der Waals surface area contributed by atoms with Gasteiger partial charge in [-0.25, -0.2) is 4.68 Å².